The van der Waals surface area contributed by atoms with Crippen molar-refractivity contribution in [2.75, 3.05) is 26.0 Å². The molecule has 1 aromatic heterocycles. The van der Waals surface area contributed by atoms with E-state index in [-0.39, 0.29) is 11.5 Å². The Bertz CT molecular complexity index is 757. The second kappa shape index (κ2) is 8.79. The third-order valence-electron chi connectivity index (χ3n) is 4.04. The van der Waals surface area contributed by atoms with E-state index in [4.69, 9.17) is 9.47 Å². The summed E-state index contributed by atoms with van der Waals surface area (Å²) in [7, 11) is 0. The Kier molecular flexibility index (Phi) is 6.97. The smallest absolute Gasteiger partial charge is 0.354 e. The summed E-state index contributed by atoms with van der Waals surface area (Å²) in [4.78, 5) is 14.9. The minimum atomic E-state index is -0.638. The van der Waals surface area contributed by atoms with Crippen LogP contribution in [0.5, 0.6) is 5.75 Å². The highest BCUT2D eigenvalue weighted by atomic mass is 32.2. The summed E-state index contributed by atoms with van der Waals surface area (Å²) in [6.07, 6.45) is 1.38. The zero-order valence-electron chi connectivity index (χ0n) is 16.0. The molecule has 2 aromatic rings. The quantitative estimate of drug-likeness (QED) is 0.458. The number of aliphatic hydroxyl groups excluding tert-OH is 1. The third kappa shape index (κ3) is 5.40. The number of hydrogen-bond donors (Lipinski definition) is 3. The van der Waals surface area contributed by atoms with Gasteiger partial charge in [-0.05, 0) is 57.7 Å². The molecule has 0 spiro atoms. The van der Waals surface area contributed by atoms with E-state index in [1.165, 1.54) is 0 Å². The van der Waals surface area contributed by atoms with Crippen molar-refractivity contribution in [3.05, 3.63) is 29.5 Å². The molecule has 0 saturated carbocycles. The molecule has 1 aromatic carbocycles. The van der Waals surface area contributed by atoms with Crippen molar-refractivity contribution >= 4 is 28.6 Å². The summed E-state index contributed by atoms with van der Waals surface area (Å²) in [5.74, 6) is 0.241. The van der Waals surface area contributed by atoms with Crippen LogP contribution in [0.3, 0.4) is 0 Å². The fourth-order valence-corrected chi connectivity index (χ4v) is 2.69. The van der Waals surface area contributed by atoms with Gasteiger partial charge >= 0.3 is 5.97 Å². The second-order valence-electron chi connectivity index (χ2n) is 6.69. The predicted molar refractivity (Wildman–Crippen MR) is 106 cm³/mol. The van der Waals surface area contributed by atoms with Crippen molar-refractivity contribution in [2.24, 2.45) is 0 Å². The van der Waals surface area contributed by atoms with Crippen LogP contribution in [0.2, 0.25) is 0 Å². The van der Waals surface area contributed by atoms with Crippen molar-refractivity contribution in [2.45, 2.75) is 38.7 Å². The van der Waals surface area contributed by atoms with Gasteiger partial charge in [0, 0.05) is 11.9 Å². The fraction of sp³-hybridized carbons (Fsp3) is 0.526. The molecule has 3 N–H and O–H groups in total. The number of aromatic nitrogens is 1. The lowest BCUT2D eigenvalue weighted by Crippen LogP contribution is -2.42. The molecule has 0 saturated heterocycles. The zero-order chi connectivity index (χ0) is 19.3. The maximum Gasteiger partial charge on any atom is 0.354 e. The Balaban J connectivity index is 2.10. The fourth-order valence-electron chi connectivity index (χ4n) is 2.46. The molecule has 0 fully saturated rings. The van der Waals surface area contributed by atoms with E-state index in [1.54, 1.807) is 24.8 Å². The highest BCUT2D eigenvalue weighted by molar-refractivity contribution is 7.99. The minimum absolute atomic E-state index is 0.104. The van der Waals surface area contributed by atoms with Crippen LogP contribution >= 0.6 is 11.8 Å². The first kappa shape index (κ1) is 20.6. The first-order valence-corrected chi connectivity index (χ1v) is 9.89. The average Bonchev–Trinajstić information content (AvgIpc) is 3.02. The van der Waals surface area contributed by atoms with Crippen molar-refractivity contribution in [3.8, 4) is 5.75 Å². The van der Waals surface area contributed by atoms with Gasteiger partial charge in [0.05, 0.1) is 17.0 Å². The summed E-state index contributed by atoms with van der Waals surface area (Å²) < 4.78 is 10.9. The molecule has 0 amide bonds. The van der Waals surface area contributed by atoms with Gasteiger partial charge in [-0.3, -0.25) is 0 Å². The number of ether oxygens (including phenoxy) is 2. The molecule has 1 unspecified atom stereocenters. The highest BCUT2D eigenvalue weighted by Crippen LogP contribution is 2.29. The topological polar surface area (TPSA) is 83.6 Å². The highest BCUT2D eigenvalue weighted by Gasteiger charge is 2.18. The van der Waals surface area contributed by atoms with Crippen molar-refractivity contribution < 1.29 is 19.4 Å². The van der Waals surface area contributed by atoms with Crippen molar-refractivity contribution in [3.63, 3.8) is 0 Å². The Labute approximate surface area is 158 Å². The number of carbonyl (C=O) groups is 1. The normalized spacial score (nSPS) is 13.0. The van der Waals surface area contributed by atoms with E-state index in [9.17, 15) is 9.90 Å². The van der Waals surface area contributed by atoms with Crippen LogP contribution < -0.4 is 10.1 Å². The van der Waals surface area contributed by atoms with Crippen LogP contribution in [0.1, 0.15) is 36.8 Å². The number of benzene rings is 1. The van der Waals surface area contributed by atoms with Crippen LogP contribution in [0.4, 0.5) is 0 Å². The second-order valence-corrected chi connectivity index (χ2v) is 8.12. The molecular formula is C19H28N2O4S. The van der Waals surface area contributed by atoms with Crippen LogP contribution in [0.25, 0.3) is 10.9 Å². The molecule has 0 aliphatic heterocycles. The SMILES string of the molecule is CCOC(=O)c1cc2c(OCC(O)CNC(C)(C)SC)cc(C)cc2[nH]1. The average molecular weight is 381 g/mol. The number of aliphatic hydroxyl groups is 1. The minimum Gasteiger partial charge on any atom is -0.490 e. The van der Waals surface area contributed by atoms with Crippen molar-refractivity contribution in [1.29, 1.82) is 0 Å². The summed E-state index contributed by atoms with van der Waals surface area (Å²) in [5.41, 5.74) is 2.20. The first-order valence-electron chi connectivity index (χ1n) is 8.67. The van der Waals surface area contributed by atoms with Crippen LogP contribution in [-0.4, -0.2) is 53.0 Å². The van der Waals surface area contributed by atoms with Crippen LogP contribution in [-0.2, 0) is 4.74 Å². The first-order chi connectivity index (χ1) is 12.3. The Hall–Kier alpha value is -1.70. The largest absolute Gasteiger partial charge is 0.490 e. The molecule has 1 atom stereocenters. The molecular weight excluding hydrogens is 352 g/mol. The molecule has 144 valence electrons. The number of aromatic amines is 1. The monoisotopic (exact) mass is 380 g/mol. The number of aryl methyl sites for hydroxylation is 1. The summed E-state index contributed by atoms with van der Waals surface area (Å²) in [6.45, 7) is 8.77. The molecule has 2 rings (SSSR count). The lowest BCUT2D eigenvalue weighted by atomic mass is 10.1. The molecule has 26 heavy (non-hydrogen) atoms. The lowest BCUT2D eigenvalue weighted by molar-refractivity contribution is 0.0520. The molecule has 0 bridgehead atoms. The number of fused-ring (bicyclic) bond motifs is 1. The van der Waals surface area contributed by atoms with Crippen LogP contribution in [0, 0.1) is 6.92 Å². The maximum atomic E-state index is 11.9. The zero-order valence-corrected chi connectivity index (χ0v) is 16.8. The molecule has 6 nitrogen and oxygen atoms in total. The number of rotatable bonds is 9. The molecule has 7 heteroatoms. The van der Waals surface area contributed by atoms with Gasteiger partial charge in [0.1, 0.15) is 24.2 Å². The molecule has 0 aliphatic rings. The number of nitrogens with one attached hydrogen (secondary N) is 2. The number of H-pyrrole nitrogens is 1. The van der Waals surface area contributed by atoms with Gasteiger partial charge in [-0.1, -0.05) is 0 Å². The van der Waals surface area contributed by atoms with Gasteiger partial charge in [-0.15, -0.1) is 11.8 Å². The van der Waals surface area contributed by atoms with Gasteiger partial charge in [0.15, 0.2) is 0 Å². The van der Waals surface area contributed by atoms with Gasteiger partial charge < -0.3 is 24.9 Å². The van der Waals surface area contributed by atoms with Gasteiger partial charge in [-0.25, -0.2) is 4.79 Å². The maximum absolute atomic E-state index is 11.9. The lowest BCUT2D eigenvalue weighted by Gasteiger charge is -2.25. The Morgan fingerprint density at radius 3 is 2.77 bits per heavy atom. The summed E-state index contributed by atoms with van der Waals surface area (Å²) in [5, 5.41) is 14.3. The van der Waals surface area contributed by atoms with E-state index < -0.39 is 12.1 Å². The van der Waals surface area contributed by atoms with E-state index in [0.29, 0.717) is 24.6 Å². The standard InChI is InChI=1S/C19H28N2O4S/c1-6-24-18(23)16-9-14-15(21-16)7-12(2)8-17(14)25-11-13(22)10-20-19(3,4)26-5/h7-9,13,20-22H,6,10-11H2,1-5H3. The number of thioether (sulfide) groups is 1. The van der Waals surface area contributed by atoms with E-state index >= 15 is 0 Å². The van der Waals surface area contributed by atoms with Crippen molar-refractivity contribution in [1.82, 2.24) is 10.3 Å². The van der Waals surface area contributed by atoms with E-state index in [0.717, 1.165) is 16.5 Å². The van der Waals surface area contributed by atoms with Gasteiger partial charge in [0.2, 0.25) is 0 Å². The number of hydrogen-bond acceptors (Lipinski definition) is 6. The predicted octanol–water partition coefficient (Wildman–Crippen LogP) is 3.08. The molecule has 1 heterocycles. The summed E-state index contributed by atoms with van der Waals surface area (Å²) >= 11 is 1.69. The van der Waals surface area contributed by atoms with E-state index in [2.05, 4.69) is 24.1 Å². The molecule has 0 radical (unpaired) electrons. The Morgan fingerprint density at radius 2 is 2.12 bits per heavy atom. The third-order valence-corrected chi connectivity index (χ3v) is 5.21. The Morgan fingerprint density at radius 1 is 1.38 bits per heavy atom. The van der Waals surface area contributed by atoms with Gasteiger partial charge in [0.25, 0.3) is 0 Å². The number of esters is 1. The van der Waals surface area contributed by atoms with Gasteiger partial charge in [-0.2, -0.15) is 0 Å². The van der Waals surface area contributed by atoms with E-state index in [1.807, 2.05) is 25.3 Å². The summed E-state index contributed by atoms with van der Waals surface area (Å²) in [6, 6.07) is 5.57. The van der Waals surface area contributed by atoms with Crippen LogP contribution in [0.15, 0.2) is 18.2 Å². The molecule has 0 aliphatic carbocycles. The number of carbonyl (C=O) groups excluding carboxylic acids is 1.